The monoisotopic (exact) mass is 199 g/mol. The van der Waals surface area contributed by atoms with Gasteiger partial charge in [-0.3, -0.25) is 9.80 Å². The van der Waals surface area contributed by atoms with Gasteiger partial charge in [0.15, 0.2) is 0 Å². The lowest BCUT2D eigenvalue weighted by Gasteiger charge is -2.46. The first-order chi connectivity index (χ1) is 6.90. The normalized spacial score (nSPS) is 26.4. The van der Waals surface area contributed by atoms with Gasteiger partial charge < -0.3 is 10.1 Å². The van der Waals surface area contributed by atoms with Crippen molar-refractivity contribution < 1.29 is 4.74 Å². The average molecular weight is 199 g/mol. The minimum Gasteiger partial charge on any atom is -0.383 e. The zero-order valence-electron chi connectivity index (χ0n) is 9.04. The van der Waals surface area contributed by atoms with Crippen molar-refractivity contribution >= 4 is 0 Å². The van der Waals surface area contributed by atoms with Crippen LogP contribution in [0.25, 0.3) is 0 Å². The molecule has 2 rings (SSSR count). The predicted octanol–water partition coefficient (Wildman–Crippen LogP) is -0.778. The van der Waals surface area contributed by atoms with E-state index >= 15 is 0 Å². The Kier molecular flexibility index (Phi) is 3.75. The molecule has 0 atom stereocenters. The van der Waals surface area contributed by atoms with Gasteiger partial charge in [0.05, 0.1) is 6.61 Å². The van der Waals surface area contributed by atoms with Crippen molar-refractivity contribution in [3.63, 3.8) is 0 Å². The maximum absolute atomic E-state index is 5.06. The Morgan fingerprint density at radius 1 is 1.29 bits per heavy atom. The minimum absolute atomic E-state index is 0.814. The van der Waals surface area contributed by atoms with E-state index in [1.54, 1.807) is 7.11 Å². The fourth-order valence-corrected chi connectivity index (χ4v) is 2.22. The van der Waals surface area contributed by atoms with Crippen LogP contribution in [0.15, 0.2) is 0 Å². The molecule has 0 saturated carbocycles. The van der Waals surface area contributed by atoms with Gasteiger partial charge in [0, 0.05) is 59.0 Å². The Hall–Kier alpha value is -0.160. The van der Waals surface area contributed by atoms with Crippen LogP contribution >= 0.6 is 0 Å². The van der Waals surface area contributed by atoms with Gasteiger partial charge in [-0.1, -0.05) is 0 Å². The van der Waals surface area contributed by atoms with Crippen LogP contribution in [0.5, 0.6) is 0 Å². The molecule has 2 fully saturated rings. The van der Waals surface area contributed by atoms with E-state index < -0.39 is 0 Å². The molecular weight excluding hydrogens is 178 g/mol. The fourth-order valence-electron chi connectivity index (χ4n) is 2.22. The molecule has 0 aromatic heterocycles. The Morgan fingerprint density at radius 2 is 2.00 bits per heavy atom. The highest BCUT2D eigenvalue weighted by Crippen LogP contribution is 2.14. The lowest BCUT2D eigenvalue weighted by atomic mass is 10.1. The number of piperazine rings is 1. The van der Waals surface area contributed by atoms with Crippen LogP contribution in [0, 0.1) is 0 Å². The summed E-state index contributed by atoms with van der Waals surface area (Å²) in [5.41, 5.74) is 0. The van der Waals surface area contributed by atoms with E-state index in [-0.39, 0.29) is 0 Å². The van der Waals surface area contributed by atoms with E-state index in [2.05, 4.69) is 15.1 Å². The molecule has 0 unspecified atom stereocenters. The Balaban J connectivity index is 1.61. The summed E-state index contributed by atoms with van der Waals surface area (Å²) in [6, 6.07) is 0.814. The number of hydrogen-bond donors (Lipinski definition) is 1. The predicted molar refractivity (Wildman–Crippen MR) is 56.5 cm³/mol. The molecule has 2 saturated heterocycles. The first-order valence-corrected chi connectivity index (χ1v) is 5.56. The van der Waals surface area contributed by atoms with Crippen LogP contribution < -0.4 is 5.32 Å². The summed E-state index contributed by atoms with van der Waals surface area (Å²) in [4.78, 5) is 5.08. The maximum Gasteiger partial charge on any atom is 0.0589 e. The van der Waals surface area contributed by atoms with Crippen molar-refractivity contribution in [2.45, 2.75) is 6.04 Å². The number of methoxy groups -OCH3 is 1. The van der Waals surface area contributed by atoms with Gasteiger partial charge in [0.2, 0.25) is 0 Å². The quantitative estimate of drug-likeness (QED) is 0.643. The van der Waals surface area contributed by atoms with E-state index in [1.165, 1.54) is 26.2 Å². The second kappa shape index (κ2) is 5.07. The zero-order chi connectivity index (χ0) is 9.80. The van der Waals surface area contributed by atoms with Gasteiger partial charge in [-0.25, -0.2) is 0 Å². The highest BCUT2D eigenvalue weighted by molar-refractivity contribution is 4.89. The van der Waals surface area contributed by atoms with Crippen molar-refractivity contribution in [2.75, 3.05) is 59.5 Å². The molecule has 4 nitrogen and oxygen atoms in total. The second-order valence-corrected chi connectivity index (χ2v) is 4.19. The summed E-state index contributed by atoms with van der Waals surface area (Å²) in [6.45, 7) is 9.22. The smallest absolute Gasteiger partial charge is 0.0589 e. The molecule has 14 heavy (non-hydrogen) atoms. The Bertz CT molecular complexity index is 165. The summed E-state index contributed by atoms with van der Waals surface area (Å²) >= 11 is 0. The summed E-state index contributed by atoms with van der Waals surface area (Å²) in [7, 11) is 1.77. The number of rotatable bonds is 4. The highest BCUT2D eigenvalue weighted by atomic mass is 16.5. The number of likely N-dealkylation sites (tertiary alicyclic amines) is 1. The number of nitrogens with one attached hydrogen (secondary N) is 1. The third kappa shape index (κ3) is 2.45. The number of ether oxygens (including phenoxy) is 1. The van der Waals surface area contributed by atoms with Gasteiger partial charge in [-0.15, -0.1) is 0 Å². The molecule has 2 aliphatic heterocycles. The third-order valence-electron chi connectivity index (χ3n) is 3.22. The molecule has 0 aromatic carbocycles. The molecule has 0 aromatic rings. The largest absolute Gasteiger partial charge is 0.383 e. The van der Waals surface area contributed by atoms with Crippen molar-refractivity contribution in [3.8, 4) is 0 Å². The molecule has 0 amide bonds. The maximum atomic E-state index is 5.06. The molecule has 0 spiro atoms. The van der Waals surface area contributed by atoms with Crippen molar-refractivity contribution in [1.29, 1.82) is 0 Å². The van der Waals surface area contributed by atoms with Crippen LogP contribution in [0.2, 0.25) is 0 Å². The van der Waals surface area contributed by atoms with E-state index in [4.69, 9.17) is 4.74 Å². The summed E-state index contributed by atoms with van der Waals surface area (Å²) < 4.78 is 5.06. The van der Waals surface area contributed by atoms with E-state index in [0.29, 0.717) is 0 Å². The molecule has 1 N–H and O–H groups in total. The molecule has 0 bridgehead atoms. The van der Waals surface area contributed by atoms with E-state index in [0.717, 1.165) is 32.3 Å². The van der Waals surface area contributed by atoms with Crippen LogP contribution in [0.1, 0.15) is 0 Å². The molecule has 2 heterocycles. The van der Waals surface area contributed by atoms with E-state index in [1.807, 2.05) is 0 Å². The van der Waals surface area contributed by atoms with Crippen LogP contribution in [0.4, 0.5) is 0 Å². The van der Waals surface area contributed by atoms with Crippen LogP contribution in [-0.4, -0.2) is 75.4 Å². The minimum atomic E-state index is 0.814. The first kappa shape index (κ1) is 10.4. The lowest BCUT2D eigenvalue weighted by molar-refractivity contribution is 0.0132. The SMILES string of the molecule is COCCN1CC(N2CCNCC2)C1. The van der Waals surface area contributed by atoms with Gasteiger partial charge in [0.25, 0.3) is 0 Å². The summed E-state index contributed by atoms with van der Waals surface area (Å²) in [6.07, 6.45) is 0. The van der Waals surface area contributed by atoms with Gasteiger partial charge in [-0.2, -0.15) is 0 Å². The van der Waals surface area contributed by atoms with Crippen LogP contribution in [0.3, 0.4) is 0 Å². The number of nitrogens with zero attached hydrogens (tertiary/aromatic N) is 2. The highest BCUT2D eigenvalue weighted by Gasteiger charge is 2.31. The summed E-state index contributed by atoms with van der Waals surface area (Å²) in [5.74, 6) is 0. The molecule has 4 heteroatoms. The number of hydrogen-bond acceptors (Lipinski definition) is 4. The van der Waals surface area contributed by atoms with Gasteiger partial charge in [0.1, 0.15) is 0 Å². The molecule has 82 valence electrons. The molecule has 0 radical (unpaired) electrons. The third-order valence-corrected chi connectivity index (χ3v) is 3.22. The molecule has 2 aliphatic rings. The lowest BCUT2D eigenvalue weighted by Crippen LogP contribution is -2.62. The van der Waals surface area contributed by atoms with Crippen molar-refractivity contribution in [2.24, 2.45) is 0 Å². The zero-order valence-corrected chi connectivity index (χ0v) is 9.04. The Morgan fingerprint density at radius 3 is 2.64 bits per heavy atom. The summed E-state index contributed by atoms with van der Waals surface area (Å²) in [5, 5.41) is 3.39. The van der Waals surface area contributed by atoms with Crippen molar-refractivity contribution in [3.05, 3.63) is 0 Å². The van der Waals surface area contributed by atoms with E-state index in [9.17, 15) is 0 Å². The van der Waals surface area contributed by atoms with Crippen molar-refractivity contribution in [1.82, 2.24) is 15.1 Å². The Labute approximate surface area is 86.2 Å². The standard InChI is InChI=1S/C10H21N3O/c1-14-7-6-12-8-10(9-12)13-4-2-11-3-5-13/h10-11H,2-9H2,1H3. The first-order valence-electron chi connectivity index (χ1n) is 5.56. The van der Waals surface area contributed by atoms with Crippen LogP contribution in [-0.2, 0) is 4.74 Å². The molecule has 0 aliphatic carbocycles. The second-order valence-electron chi connectivity index (χ2n) is 4.19. The van der Waals surface area contributed by atoms with Gasteiger partial charge in [-0.05, 0) is 0 Å². The topological polar surface area (TPSA) is 27.7 Å². The van der Waals surface area contributed by atoms with Gasteiger partial charge >= 0.3 is 0 Å². The average Bonchev–Trinajstić information content (AvgIpc) is 2.17. The molecular formula is C10H21N3O. The fraction of sp³-hybridized carbons (Fsp3) is 1.00.